The summed E-state index contributed by atoms with van der Waals surface area (Å²) in [6.07, 6.45) is 3.71. The molecule has 0 saturated heterocycles. The molecule has 4 heteroatoms. The van der Waals surface area contributed by atoms with Crippen molar-refractivity contribution in [3.8, 4) is 0 Å². The second-order valence-electron chi connectivity index (χ2n) is 4.13. The van der Waals surface area contributed by atoms with Gasteiger partial charge in [0, 0.05) is 18.2 Å². The highest BCUT2D eigenvalue weighted by Crippen LogP contribution is 2.21. The van der Waals surface area contributed by atoms with E-state index in [9.17, 15) is 0 Å². The quantitative estimate of drug-likeness (QED) is 0.777. The van der Waals surface area contributed by atoms with Gasteiger partial charge in [-0.3, -0.25) is 0 Å². The zero-order valence-electron chi connectivity index (χ0n) is 10.7. The summed E-state index contributed by atoms with van der Waals surface area (Å²) in [6, 6.07) is 0.389. The van der Waals surface area contributed by atoms with Gasteiger partial charge in [0.15, 0.2) is 0 Å². The summed E-state index contributed by atoms with van der Waals surface area (Å²) in [5, 5.41) is 6.65. The molecule has 0 aliphatic rings. The van der Waals surface area contributed by atoms with E-state index in [0.29, 0.717) is 6.04 Å². The SMILES string of the molecule is CCCc1c(NCC)ncnc1NC(C)C. The zero-order chi connectivity index (χ0) is 12.0. The standard InChI is InChI=1S/C12H22N4/c1-5-7-10-11(13-6-2)14-8-15-12(10)16-9(3)4/h8-9H,5-7H2,1-4H3,(H2,13,14,15,16). The Labute approximate surface area is 97.9 Å². The number of nitrogens with zero attached hydrogens (tertiary/aromatic N) is 2. The number of hydrogen-bond donors (Lipinski definition) is 2. The summed E-state index contributed by atoms with van der Waals surface area (Å²) in [5.41, 5.74) is 1.19. The fraction of sp³-hybridized carbons (Fsp3) is 0.667. The Morgan fingerprint density at radius 3 is 2.44 bits per heavy atom. The molecule has 90 valence electrons. The van der Waals surface area contributed by atoms with E-state index >= 15 is 0 Å². The van der Waals surface area contributed by atoms with E-state index in [1.807, 2.05) is 0 Å². The fourth-order valence-corrected chi connectivity index (χ4v) is 1.62. The zero-order valence-corrected chi connectivity index (χ0v) is 10.7. The molecule has 0 atom stereocenters. The van der Waals surface area contributed by atoms with Crippen LogP contribution < -0.4 is 10.6 Å². The van der Waals surface area contributed by atoms with Gasteiger partial charge < -0.3 is 10.6 Å². The Kier molecular flexibility index (Phi) is 5.02. The Hall–Kier alpha value is -1.32. The van der Waals surface area contributed by atoms with Crippen LogP contribution in [0.25, 0.3) is 0 Å². The van der Waals surface area contributed by atoms with E-state index in [0.717, 1.165) is 31.0 Å². The molecule has 0 saturated carbocycles. The first kappa shape index (κ1) is 12.7. The maximum absolute atomic E-state index is 4.32. The first-order valence-electron chi connectivity index (χ1n) is 6.03. The van der Waals surface area contributed by atoms with Gasteiger partial charge in [0.05, 0.1) is 0 Å². The first-order valence-corrected chi connectivity index (χ1v) is 6.03. The molecule has 0 bridgehead atoms. The van der Waals surface area contributed by atoms with Gasteiger partial charge in [-0.1, -0.05) is 13.3 Å². The van der Waals surface area contributed by atoms with Crippen LogP contribution in [0.2, 0.25) is 0 Å². The monoisotopic (exact) mass is 222 g/mol. The molecule has 0 fully saturated rings. The largest absolute Gasteiger partial charge is 0.370 e. The molecule has 1 aromatic heterocycles. The Balaban J connectivity index is 3.00. The van der Waals surface area contributed by atoms with Crippen molar-refractivity contribution in [1.29, 1.82) is 0 Å². The highest BCUT2D eigenvalue weighted by atomic mass is 15.1. The minimum Gasteiger partial charge on any atom is -0.370 e. The number of aromatic nitrogens is 2. The molecule has 16 heavy (non-hydrogen) atoms. The number of rotatable bonds is 6. The van der Waals surface area contributed by atoms with Crippen LogP contribution in [0.3, 0.4) is 0 Å². The normalized spacial score (nSPS) is 10.6. The summed E-state index contributed by atoms with van der Waals surface area (Å²) >= 11 is 0. The van der Waals surface area contributed by atoms with E-state index in [1.165, 1.54) is 5.56 Å². The van der Waals surface area contributed by atoms with Gasteiger partial charge in [-0.25, -0.2) is 9.97 Å². The maximum Gasteiger partial charge on any atom is 0.134 e. The van der Waals surface area contributed by atoms with Crippen molar-refractivity contribution in [3.05, 3.63) is 11.9 Å². The molecule has 1 aromatic rings. The molecule has 4 nitrogen and oxygen atoms in total. The summed E-state index contributed by atoms with van der Waals surface area (Å²) in [6.45, 7) is 9.36. The smallest absolute Gasteiger partial charge is 0.134 e. The highest BCUT2D eigenvalue weighted by molar-refractivity contribution is 5.57. The fourth-order valence-electron chi connectivity index (χ4n) is 1.62. The van der Waals surface area contributed by atoms with Crippen LogP contribution in [-0.2, 0) is 6.42 Å². The van der Waals surface area contributed by atoms with Crippen molar-refractivity contribution in [2.75, 3.05) is 17.2 Å². The van der Waals surface area contributed by atoms with Gasteiger partial charge in [0.1, 0.15) is 18.0 Å². The van der Waals surface area contributed by atoms with Crippen LogP contribution in [0.4, 0.5) is 11.6 Å². The van der Waals surface area contributed by atoms with Crippen LogP contribution >= 0.6 is 0 Å². The number of hydrogen-bond acceptors (Lipinski definition) is 4. The second-order valence-corrected chi connectivity index (χ2v) is 4.13. The average molecular weight is 222 g/mol. The van der Waals surface area contributed by atoms with Crippen LogP contribution in [0.1, 0.15) is 39.7 Å². The minimum atomic E-state index is 0.389. The lowest BCUT2D eigenvalue weighted by molar-refractivity contribution is 0.855. The number of nitrogens with one attached hydrogen (secondary N) is 2. The summed E-state index contributed by atoms with van der Waals surface area (Å²) in [4.78, 5) is 8.61. The average Bonchev–Trinajstić information content (AvgIpc) is 2.22. The van der Waals surface area contributed by atoms with E-state index < -0.39 is 0 Å². The molecular weight excluding hydrogens is 200 g/mol. The van der Waals surface area contributed by atoms with Crippen LogP contribution in [0.5, 0.6) is 0 Å². The van der Waals surface area contributed by atoms with Crippen molar-refractivity contribution in [3.63, 3.8) is 0 Å². The van der Waals surface area contributed by atoms with Gasteiger partial charge in [0.2, 0.25) is 0 Å². The van der Waals surface area contributed by atoms with E-state index in [1.54, 1.807) is 6.33 Å². The molecule has 0 spiro atoms. The molecule has 0 aliphatic carbocycles. The van der Waals surface area contributed by atoms with Gasteiger partial charge in [-0.05, 0) is 27.2 Å². The first-order chi connectivity index (χ1) is 7.69. The van der Waals surface area contributed by atoms with Crippen molar-refractivity contribution in [1.82, 2.24) is 9.97 Å². The minimum absolute atomic E-state index is 0.389. The second kappa shape index (κ2) is 6.30. The molecule has 0 aromatic carbocycles. The van der Waals surface area contributed by atoms with Crippen molar-refractivity contribution >= 4 is 11.6 Å². The Morgan fingerprint density at radius 1 is 1.19 bits per heavy atom. The van der Waals surface area contributed by atoms with Gasteiger partial charge >= 0.3 is 0 Å². The molecule has 0 aliphatic heterocycles. The third-order valence-electron chi connectivity index (χ3n) is 2.21. The summed E-state index contributed by atoms with van der Waals surface area (Å²) in [5.74, 6) is 1.92. The molecule has 1 rings (SSSR count). The lowest BCUT2D eigenvalue weighted by Gasteiger charge is -2.16. The highest BCUT2D eigenvalue weighted by Gasteiger charge is 2.10. The lowest BCUT2D eigenvalue weighted by atomic mass is 10.1. The van der Waals surface area contributed by atoms with Gasteiger partial charge in [-0.2, -0.15) is 0 Å². The molecule has 2 N–H and O–H groups in total. The maximum atomic E-state index is 4.32. The predicted octanol–water partition coefficient (Wildman–Crippen LogP) is 2.68. The van der Waals surface area contributed by atoms with Gasteiger partial charge in [0.25, 0.3) is 0 Å². The Morgan fingerprint density at radius 2 is 1.88 bits per heavy atom. The third kappa shape index (κ3) is 3.36. The topological polar surface area (TPSA) is 49.8 Å². The van der Waals surface area contributed by atoms with E-state index in [4.69, 9.17) is 0 Å². The molecule has 0 amide bonds. The van der Waals surface area contributed by atoms with Crippen LogP contribution in [-0.4, -0.2) is 22.6 Å². The van der Waals surface area contributed by atoms with Crippen molar-refractivity contribution in [2.24, 2.45) is 0 Å². The number of anilines is 2. The lowest BCUT2D eigenvalue weighted by Crippen LogP contribution is -2.15. The predicted molar refractivity (Wildman–Crippen MR) is 68.9 cm³/mol. The third-order valence-corrected chi connectivity index (χ3v) is 2.21. The molecule has 0 radical (unpaired) electrons. The summed E-state index contributed by atoms with van der Waals surface area (Å²) < 4.78 is 0. The molecular formula is C12H22N4. The van der Waals surface area contributed by atoms with Gasteiger partial charge in [-0.15, -0.1) is 0 Å². The summed E-state index contributed by atoms with van der Waals surface area (Å²) in [7, 11) is 0. The van der Waals surface area contributed by atoms with Crippen molar-refractivity contribution < 1.29 is 0 Å². The van der Waals surface area contributed by atoms with Crippen molar-refractivity contribution in [2.45, 2.75) is 46.6 Å². The van der Waals surface area contributed by atoms with Crippen LogP contribution in [0, 0.1) is 0 Å². The van der Waals surface area contributed by atoms with Crippen LogP contribution in [0.15, 0.2) is 6.33 Å². The molecule has 0 unspecified atom stereocenters. The van der Waals surface area contributed by atoms with E-state index in [2.05, 4.69) is 48.3 Å². The molecule has 1 heterocycles. The van der Waals surface area contributed by atoms with E-state index in [-0.39, 0.29) is 0 Å². The Bertz CT molecular complexity index is 323.